The van der Waals surface area contributed by atoms with Crippen molar-refractivity contribution in [2.75, 3.05) is 7.11 Å². The molecule has 1 aromatic rings. The lowest BCUT2D eigenvalue weighted by Gasteiger charge is -2.02. The van der Waals surface area contributed by atoms with E-state index in [1.807, 2.05) is 26.8 Å². The first-order chi connectivity index (χ1) is 6.65. The molecule has 3 heteroatoms. The van der Waals surface area contributed by atoms with E-state index in [0.29, 0.717) is 10.6 Å². The Bertz CT molecular complexity index is 308. The van der Waals surface area contributed by atoms with Crippen molar-refractivity contribution < 1.29 is 9.53 Å². The van der Waals surface area contributed by atoms with E-state index < -0.39 is 5.97 Å². The molecule has 0 aliphatic rings. The minimum atomic E-state index is -0.399. The Balaban J connectivity index is 0.000000791. The van der Waals surface area contributed by atoms with E-state index >= 15 is 0 Å². The molecule has 0 atom stereocenters. The molecule has 0 saturated carbocycles. The highest BCUT2D eigenvalue weighted by Crippen LogP contribution is 2.17. The maximum absolute atomic E-state index is 11.1. The van der Waals surface area contributed by atoms with Gasteiger partial charge in [0.1, 0.15) is 0 Å². The molecule has 0 aliphatic heterocycles. The van der Waals surface area contributed by atoms with Gasteiger partial charge in [0.05, 0.1) is 17.7 Å². The first-order valence-corrected chi connectivity index (χ1v) is 4.87. The average molecular weight is 215 g/mol. The minimum Gasteiger partial charge on any atom is -0.465 e. The SMILES string of the molecule is CC.COC(=O)c1cc(C)ccc1Cl. The Labute approximate surface area is 89.8 Å². The number of carbonyl (C=O) groups excluding carboxylic acids is 1. The normalized spacial score (nSPS) is 8.64. The van der Waals surface area contributed by atoms with Crippen LogP contribution in [0.15, 0.2) is 18.2 Å². The third-order valence-electron chi connectivity index (χ3n) is 1.53. The highest BCUT2D eigenvalue weighted by molar-refractivity contribution is 6.33. The lowest BCUT2D eigenvalue weighted by molar-refractivity contribution is 0.0601. The van der Waals surface area contributed by atoms with Crippen LogP contribution in [0.5, 0.6) is 0 Å². The third-order valence-corrected chi connectivity index (χ3v) is 1.86. The number of rotatable bonds is 1. The summed E-state index contributed by atoms with van der Waals surface area (Å²) in [5.41, 5.74) is 1.40. The van der Waals surface area contributed by atoms with Gasteiger partial charge in [-0.25, -0.2) is 4.79 Å². The van der Waals surface area contributed by atoms with E-state index in [4.69, 9.17) is 11.6 Å². The zero-order chi connectivity index (χ0) is 11.1. The van der Waals surface area contributed by atoms with Gasteiger partial charge in [-0.15, -0.1) is 0 Å². The van der Waals surface area contributed by atoms with Crippen molar-refractivity contribution in [3.8, 4) is 0 Å². The molecule has 1 aromatic carbocycles. The second-order valence-corrected chi connectivity index (χ2v) is 2.88. The molecule has 0 spiro atoms. The van der Waals surface area contributed by atoms with Gasteiger partial charge in [-0.1, -0.05) is 37.1 Å². The van der Waals surface area contributed by atoms with Gasteiger partial charge >= 0.3 is 5.97 Å². The predicted molar refractivity (Wildman–Crippen MR) is 58.9 cm³/mol. The van der Waals surface area contributed by atoms with Crippen molar-refractivity contribution >= 4 is 17.6 Å². The first kappa shape index (κ1) is 13.0. The lowest BCUT2D eigenvalue weighted by atomic mass is 10.1. The topological polar surface area (TPSA) is 26.3 Å². The van der Waals surface area contributed by atoms with E-state index in [9.17, 15) is 4.79 Å². The van der Waals surface area contributed by atoms with Crippen LogP contribution in [0.2, 0.25) is 5.02 Å². The van der Waals surface area contributed by atoms with Crippen molar-refractivity contribution in [1.82, 2.24) is 0 Å². The number of esters is 1. The van der Waals surface area contributed by atoms with Crippen LogP contribution in [0, 0.1) is 6.92 Å². The van der Waals surface area contributed by atoms with E-state index in [2.05, 4.69) is 4.74 Å². The standard InChI is InChI=1S/C9H9ClO2.C2H6/c1-6-3-4-8(10)7(5-6)9(11)12-2;1-2/h3-5H,1-2H3;1-2H3. The maximum atomic E-state index is 11.1. The van der Waals surface area contributed by atoms with Gasteiger partial charge in [-0.2, -0.15) is 0 Å². The highest BCUT2D eigenvalue weighted by atomic mass is 35.5. The summed E-state index contributed by atoms with van der Waals surface area (Å²) in [5, 5.41) is 0.424. The summed E-state index contributed by atoms with van der Waals surface area (Å²) in [4.78, 5) is 11.1. The Morgan fingerprint density at radius 3 is 2.43 bits per heavy atom. The molecule has 0 bridgehead atoms. The number of methoxy groups -OCH3 is 1. The molecule has 0 aromatic heterocycles. The number of aryl methyl sites for hydroxylation is 1. The van der Waals surface area contributed by atoms with Crippen LogP contribution in [-0.2, 0) is 4.74 Å². The summed E-state index contributed by atoms with van der Waals surface area (Å²) < 4.78 is 4.55. The van der Waals surface area contributed by atoms with Gasteiger partial charge in [0, 0.05) is 0 Å². The first-order valence-electron chi connectivity index (χ1n) is 4.49. The molecule has 0 N–H and O–H groups in total. The Morgan fingerprint density at radius 2 is 1.93 bits per heavy atom. The number of halogens is 1. The maximum Gasteiger partial charge on any atom is 0.339 e. The predicted octanol–water partition coefficient (Wildman–Crippen LogP) is 3.46. The zero-order valence-electron chi connectivity index (χ0n) is 8.93. The fourth-order valence-electron chi connectivity index (χ4n) is 0.905. The summed E-state index contributed by atoms with van der Waals surface area (Å²) >= 11 is 5.77. The van der Waals surface area contributed by atoms with Crippen molar-refractivity contribution in [1.29, 1.82) is 0 Å². The molecule has 0 amide bonds. The fraction of sp³-hybridized carbons (Fsp3) is 0.364. The smallest absolute Gasteiger partial charge is 0.339 e. The molecule has 14 heavy (non-hydrogen) atoms. The van der Waals surface area contributed by atoms with Gasteiger partial charge in [0.15, 0.2) is 0 Å². The van der Waals surface area contributed by atoms with Gasteiger partial charge in [-0.05, 0) is 19.1 Å². The van der Waals surface area contributed by atoms with Crippen molar-refractivity contribution in [3.63, 3.8) is 0 Å². The Morgan fingerprint density at radius 1 is 1.36 bits per heavy atom. The van der Waals surface area contributed by atoms with Gasteiger partial charge in [0.25, 0.3) is 0 Å². The van der Waals surface area contributed by atoms with Crippen molar-refractivity contribution in [2.24, 2.45) is 0 Å². The second kappa shape index (κ2) is 6.44. The lowest BCUT2D eigenvalue weighted by Crippen LogP contribution is -2.02. The van der Waals surface area contributed by atoms with Crippen molar-refractivity contribution in [2.45, 2.75) is 20.8 Å². The second-order valence-electron chi connectivity index (χ2n) is 2.47. The molecule has 0 unspecified atom stereocenters. The number of benzene rings is 1. The van der Waals surface area contributed by atoms with Gasteiger partial charge in [-0.3, -0.25) is 0 Å². The summed E-state index contributed by atoms with van der Waals surface area (Å²) in [6.07, 6.45) is 0. The summed E-state index contributed by atoms with van der Waals surface area (Å²) in [7, 11) is 1.33. The number of ether oxygens (including phenoxy) is 1. The van der Waals surface area contributed by atoms with Crippen LogP contribution in [-0.4, -0.2) is 13.1 Å². The minimum absolute atomic E-state index is 0.399. The number of carbonyl (C=O) groups is 1. The fourth-order valence-corrected chi connectivity index (χ4v) is 1.10. The van der Waals surface area contributed by atoms with E-state index in [1.54, 1.807) is 12.1 Å². The molecular weight excluding hydrogens is 200 g/mol. The molecular formula is C11H15ClO2. The van der Waals surface area contributed by atoms with Crippen LogP contribution >= 0.6 is 11.6 Å². The van der Waals surface area contributed by atoms with Crippen LogP contribution in [0.25, 0.3) is 0 Å². The van der Waals surface area contributed by atoms with Crippen LogP contribution in [0.3, 0.4) is 0 Å². The number of hydrogen-bond donors (Lipinski definition) is 0. The van der Waals surface area contributed by atoms with Gasteiger partial charge in [0.2, 0.25) is 0 Å². The van der Waals surface area contributed by atoms with Crippen LogP contribution < -0.4 is 0 Å². The highest BCUT2D eigenvalue weighted by Gasteiger charge is 2.09. The summed E-state index contributed by atoms with van der Waals surface area (Å²) in [5.74, 6) is -0.399. The quantitative estimate of drug-likeness (QED) is 0.670. The molecule has 0 radical (unpaired) electrons. The summed E-state index contributed by atoms with van der Waals surface area (Å²) in [6, 6.07) is 5.23. The average Bonchev–Trinajstić information content (AvgIpc) is 2.23. The van der Waals surface area contributed by atoms with Gasteiger partial charge < -0.3 is 4.74 Å². The van der Waals surface area contributed by atoms with Crippen LogP contribution in [0.4, 0.5) is 0 Å². The Hall–Kier alpha value is -1.02. The molecule has 0 aliphatic carbocycles. The Kier molecular flexibility index (Phi) is 5.97. The van der Waals surface area contributed by atoms with E-state index in [0.717, 1.165) is 5.56 Å². The van der Waals surface area contributed by atoms with Crippen LogP contribution in [0.1, 0.15) is 29.8 Å². The van der Waals surface area contributed by atoms with E-state index in [1.165, 1.54) is 7.11 Å². The molecule has 0 fully saturated rings. The monoisotopic (exact) mass is 214 g/mol. The third kappa shape index (κ3) is 3.38. The zero-order valence-corrected chi connectivity index (χ0v) is 9.68. The number of hydrogen-bond acceptors (Lipinski definition) is 2. The van der Waals surface area contributed by atoms with E-state index in [-0.39, 0.29) is 0 Å². The largest absolute Gasteiger partial charge is 0.465 e. The molecule has 0 saturated heterocycles. The summed E-state index contributed by atoms with van der Waals surface area (Å²) in [6.45, 7) is 5.89. The van der Waals surface area contributed by atoms with Crippen molar-refractivity contribution in [3.05, 3.63) is 34.3 Å². The molecule has 2 nitrogen and oxygen atoms in total. The molecule has 78 valence electrons. The molecule has 1 rings (SSSR count). The molecule has 0 heterocycles.